The maximum Gasteiger partial charge on any atom is 0.339 e. The minimum Gasteiger partial charge on any atom is -0.481 e. The van der Waals surface area contributed by atoms with Crippen LogP contribution in [0.2, 0.25) is 0 Å². The summed E-state index contributed by atoms with van der Waals surface area (Å²) in [5.41, 5.74) is 2.01. The number of hydrogen-bond acceptors (Lipinski definition) is 5. The minimum atomic E-state index is -0.588. The number of carbonyl (C=O) groups is 1. The third kappa shape index (κ3) is 3.90. The normalized spacial score (nSPS) is 20.0. The van der Waals surface area contributed by atoms with E-state index in [0.717, 1.165) is 62.9 Å². The molecule has 3 heterocycles. The number of rotatable bonds is 3. The van der Waals surface area contributed by atoms with E-state index in [-0.39, 0.29) is 11.5 Å². The second-order valence-electron chi connectivity index (χ2n) is 8.50. The molecule has 1 unspecified atom stereocenters. The van der Waals surface area contributed by atoms with Crippen LogP contribution in [0.15, 0.2) is 27.4 Å². The predicted octanol–water partition coefficient (Wildman–Crippen LogP) is 3.60. The van der Waals surface area contributed by atoms with Crippen LogP contribution in [0.1, 0.15) is 43.7 Å². The molecule has 29 heavy (non-hydrogen) atoms. The molecule has 1 aromatic carbocycles. The van der Waals surface area contributed by atoms with Gasteiger partial charge in [0.2, 0.25) is 0 Å². The van der Waals surface area contributed by atoms with Gasteiger partial charge in [0.05, 0.1) is 0 Å². The monoisotopic (exact) mass is 399 g/mol. The summed E-state index contributed by atoms with van der Waals surface area (Å²) in [6, 6.07) is 5.40. The molecule has 2 aliphatic rings. The Morgan fingerprint density at radius 1 is 1.10 bits per heavy atom. The summed E-state index contributed by atoms with van der Waals surface area (Å²) in [4.78, 5) is 26.8. The van der Waals surface area contributed by atoms with E-state index in [4.69, 9.17) is 13.9 Å². The molecule has 2 aromatic rings. The number of hydrogen-bond donors (Lipinski definition) is 0. The minimum absolute atomic E-state index is 0.00791. The topological polar surface area (TPSA) is 69.0 Å². The van der Waals surface area contributed by atoms with Gasteiger partial charge in [0.15, 0.2) is 6.10 Å². The third-order valence-electron chi connectivity index (χ3n) is 6.78. The Morgan fingerprint density at radius 3 is 2.48 bits per heavy atom. The van der Waals surface area contributed by atoms with Crippen molar-refractivity contribution in [2.24, 2.45) is 5.41 Å². The Bertz CT molecular complexity index is 963. The summed E-state index contributed by atoms with van der Waals surface area (Å²) in [7, 11) is 0. The smallest absolute Gasteiger partial charge is 0.339 e. The summed E-state index contributed by atoms with van der Waals surface area (Å²) < 4.78 is 16.8. The number of benzene rings is 1. The van der Waals surface area contributed by atoms with E-state index in [1.807, 2.05) is 24.0 Å². The van der Waals surface area contributed by atoms with E-state index in [9.17, 15) is 9.59 Å². The Hall–Kier alpha value is -2.34. The van der Waals surface area contributed by atoms with Crippen molar-refractivity contribution >= 4 is 16.9 Å². The predicted molar refractivity (Wildman–Crippen MR) is 110 cm³/mol. The van der Waals surface area contributed by atoms with Crippen LogP contribution in [0.3, 0.4) is 0 Å². The van der Waals surface area contributed by atoms with Crippen LogP contribution in [-0.4, -0.2) is 43.2 Å². The highest BCUT2D eigenvalue weighted by molar-refractivity contribution is 5.83. The Kier molecular flexibility index (Phi) is 5.38. The van der Waals surface area contributed by atoms with E-state index < -0.39 is 6.10 Å². The zero-order valence-electron chi connectivity index (χ0n) is 17.5. The fourth-order valence-electron chi connectivity index (χ4n) is 4.52. The van der Waals surface area contributed by atoms with Crippen LogP contribution in [0.4, 0.5) is 0 Å². The fraction of sp³-hybridized carbons (Fsp3) is 0.565. The molecule has 2 aliphatic heterocycles. The second kappa shape index (κ2) is 7.82. The Balaban J connectivity index is 1.42. The zero-order valence-corrected chi connectivity index (χ0v) is 17.5. The van der Waals surface area contributed by atoms with E-state index in [2.05, 4.69) is 0 Å². The largest absolute Gasteiger partial charge is 0.481 e. The lowest BCUT2D eigenvalue weighted by atomic mass is 9.72. The molecule has 1 aromatic heterocycles. The van der Waals surface area contributed by atoms with Gasteiger partial charge in [-0.25, -0.2) is 4.79 Å². The molecule has 1 atom stereocenters. The maximum absolute atomic E-state index is 12.9. The first kappa shape index (κ1) is 20.0. The molecule has 2 saturated heterocycles. The molecule has 0 saturated carbocycles. The van der Waals surface area contributed by atoms with Crippen LogP contribution in [0.25, 0.3) is 11.0 Å². The number of fused-ring (bicyclic) bond motifs is 1. The van der Waals surface area contributed by atoms with Gasteiger partial charge in [-0.05, 0) is 69.6 Å². The molecule has 1 spiro atoms. The molecule has 2 fully saturated rings. The number of nitrogens with zero attached hydrogens (tertiary/aromatic N) is 1. The standard InChI is InChI=1S/C23H29NO5/c1-15-16(2)22(26)29-20-14-18(4-5-19(15)20)28-17(3)21(25)24-10-6-23(7-11-24)8-12-27-13-9-23/h4-5,14,17H,6-13H2,1-3H3. The van der Waals surface area contributed by atoms with Crippen molar-refractivity contribution < 1.29 is 18.7 Å². The average Bonchev–Trinajstić information content (AvgIpc) is 2.72. The summed E-state index contributed by atoms with van der Waals surface area (Å²) in [6.07, 6.45) is 3.68. The molecule has 6 heteroatoms. The van der Waals surface area contributed by atoms with Gasteiger partial charge in [-0.3, -0.25) is 4.79 Å². The van der Waals surface area contributed by atoms with Crippen molar-refractivity contribution in [1.29, 1.82) is 0 Å². The molecular weight excluding hydrogens is 370 g/mol. The lowest BCUT2D eigenvalue weighted by Gasteiger charge is -2.44. The van der Waals surface area contributed by atoms with Crippen LogP contribution in [0, 0.1) is 19.3 Å². The number of amides is 1. The highest BCUT2D eigenvalue weighted by Crippen LogP contribution is 2.40. The third-order valence-corrected chi connectivity index (χ3v) is 6.78. The fourth-order valence-corrected chi connectivity index (χ4v) is 4.52. The maximum atomic E-state index is 12.9. The lowest BCUT2D eigenvalue weighted by molar-refractivity contribution is -0.141. The second-order valence-corrected chi connectivity index (χ2v) is 8.50. The number of likely N-dealkylation sites (tertiary alicyclic amines) is 1. The van der Waals surface area contributed by atoms with E-state index in [0.29, 0.717) is 22.3 Å². The number of aryl methyl sites for hydroxylation is 1. The van der Waals surface area contributed by atoms with Crippen molar-refractivity contribution in [3.63, 3.8) is 0 Å². The molecule has 6 nitrogen and oxygen atoms in total. The molecule has 4 rings (SSSR count). The van der Waals surface area contributed by atoms with Gasteiger partial charge in [-0.2, -0.15) is 0 Å². The van der Waals surface area contributed by atoms with Gasteiger partial charge < -0.3 is 18.8 Å². The van der Waals surface area contributed by atoms with E-state index >= 15 is 0 Å². The number of ether oxygens (including phenoxy) is 2. The summed E-state index contributed by atoms with van der Waals surface area (Å²) in [5.74, 6) is 0.538. The zero-order chi connectivity index (χ0) is 20.6. The van der Waals surface area contributed by atoms with Crippen LogP contribution >= 0.6 is 0 Å². The van der Waals surface area contributed by atoms with Crippen LogP contribution in [-0.2, 0) is 9.53 Å². The first-order valence-electron chi connectivity index (χ1n) is 10.5. The van der Waals surface area contributed by atoms with Gasteiger partial charge in [-0.15, -0.1) is 0 Å². The van der Waals surface area contributed by atoms with Crippen LogP contribution in [0.5, 0.6) is 5.75 Å². The molecule has 1 amide bonds. The highest BCUT2D eigenvalue weighted by Gasteiger charge is 2.38. The molecule has 0 radical (unpaired) electrons. The molecule has 0 N–H and O–H groups in total. The summed E-state index contributed by atoms with van der Waals surface area (Å²) >= 11 is 0. The van der Waals surface area contributed by atoms with Crippen molar-refractivity contribution in [2.45, 2.75) is 52.6 Å². The SMILES string of the molecule is Cc1c(C)c2ccc(OC(C)C(=O)N3CCC4(CCOCC4)CC3)cc2oc1=O. The van der Waals surface area contributed by atoms with Crippen LogP contribution < -0.4 is 10.4 Å². The van der Waals surface area contributed by atoms with Crippen molar-refractivity contribution in [3.8, 4) is 5.75 Å². The average molecular weight is 399 g/mol. The summed E-state index contributed by atoms with van der Waals surface area (Å²) in [6.45, 7) is 8.67. The first-order chi connectivity index (χ1) is 13.9. The van der Waals surface area contributed by atoms with Crippen molar-refractivity contribution in [1.82, 2.24) is 4.90 Å². The Morgan fingerprint density at radius 2 is 1.79 bits per heavy atom. The highest BCUT2D eigenvalue weighted by atomic mass is 16.5. The lowest BCUT2D eigenvalue weighted by Crippen LogP contribution is -2.48. The number of carbonyl (C=O) groups excluding carboxylic acids is 1. The van der Waals surface area contributed by atoms with E-state index in [1.165, 1.54) is 0 Å². The molecule has 156 valence electrons. The van der Waals surface area contributed by atoms with Crippen molar-refractivity contribution in [3.05, 3.63) is 39.7 Å². The van der Waals surface area contributed by atoms with Gasteiger partial charge in [-0.1, -0.05) is 0 Å². The quantitative estimate of drug-likeness (QED) is 0.738. The first-order valence-corrected chi connectivity index (χ1v) is 10.5. The Labute approximate surface area is 170 Å². The van der Waals surface area contributed by atoms with E-state index in [1.54, 1.807) is 19.9 Å². The molecule has 0 aliphatic carbocycles. The summed E-state index contributed by atoms with van der Waals surface area (Å²) in [5, 5.41) is 0.881. The van der Waals surface area contributed by atoms with Crippen molar-refractivity contribution in [2.75, 3.05) is 26.3 Å². The molecule has 0 bridgehead atoms. The van der Waals surface area contributed by atoms with Gasteiger partial charge in [0.1, 0.15) is 11.3 Å². The van der Waals surface area contributed by atoms with Gasteiger partial charge in [0.25, 0.3) is 5.91 Å². The number of piperidine rings is 1. The van der Waals surface area contributed by atoms with Gasteiger partial charge in [0, 0.05) is 43.3 Å². The molecular formula is C23H29NO5. The van der Waals surface area contributed by atoms with Gasteiger partial charge >= 0.3 is 5.63 Å².